The van der Waals surface area contributed by atoms with Crippen molar-refractivity contribution in [1.29, 1.82) is 0 Å². The van der Waals surface area contributed by atoms with Crippen LogP contribution in [0, 0.1) is 6.92 Å². The Balaban J connectivity index is 1.87. The average molecular weight is 447 g/mol. The lowest BCUT2D eigenvalue weighted by Crippen LogP contribution is -2.29. The molecule has 1 aliphatic rings. The van der Waals surface area contributed by atoms with Crippen LogP contribution in [0.2, 0.25) is 0 Å². The van der Waals surface area contributed by atoms with Gasteiger partial charge in [-0.05, 0) is 67.4 Å². The summed E-state index contributed by atoms with van der Waals surface area (Å²) in [6, 6.07) is 14.9. The van der Waals surface area contributed by atoms with Crippen molar-refractivity contribution in [3.63, 3.8) is 0 Å². The molecule has 1 saturated heterocycles. The van der Waals surface area contributed by atoms with Crippen LogP contribution in [-0.4, -0.2) is 35.4 Å². The summed E-state index contributed by atoms with van der Waals surface area (Å²) in [5.74, 6) is 0.102. The number of hydrogen-bond acceptors (Lipinski definition) is 6. The third-order valence-corrected chi connectivity index (χ3v) is 5.60. The summed E-state index contributed by atoms with van der Waals surface area (Å²) in [7, 11) is 1.56. The summed E-state index contributed by atoms with van der Waals surface area (Å²) in [6.07, 6.45) is 1.51. The molecule has 2 heterocycles. The van der Waals surface area contributed by atoms with E-state index in [0.29, 0.717) is 35.0 Å². The quantitative estimate of drug-likeness (QED) is 0.323. The van der Waals surface area contributed by atoms with Gasteiger partial charge in [-0.25, -0.2) is 0 Å². The first-order valence-electron chi connectivity index (χ1n) is 10.6. The lowest BCUT2D eigenvalue weighted by Gasteiger charge is -2.25. The number of ether oxygens (including phenoxy) is 2. The highest BCUT2D eigenvalue weighted by Crippen LogP contribution is 2.41. The van der Waals surface area contributed by atoms with Crippen molar-refractivity contribution in [2.24, 2.45) is 0 Å². The molecule has 170 valence electrons. The van der Waals surface area contributed by atoms with Gasteiger partial charge in [0.2, 0.25) is 0 Å². The standard InChI is InChI=1S/C26H25NO6/c1-4-32-19-8-5-7-17(14-19)23-22(24(28)18-10-11-21(31-3)16(2)13-18)25(29)26(30)27(23)15-20-9-6-12-33-20/h5-14,23,28H,4,15H2,1-3H3/b24-22+. The van der Waals surface area contributed by atoms with E-state index >= 15 is 0 Å². The number of carbonyl (C=O) groups excluding carboxylic acids is 2. The Hall–Kier alpha value is -4.00. The minimum Gasteiger partial charge on any atom is -0.507 e. The molecule has 0 saturated carbocycles. The van der Waals surface area contributed by atoms with Gasteiger partial charge in [0.15, 0.2) is 0 Å². The van der Waals surface area contributed by atoms with E-state index in [9.17, 15) is 14.7 Å². The second-order valence-corrected chi connectivity index (χ2v) is 7.70. The fourth-order valence-electron chi connectivity index (χ4n) is 4.08. The summed E-state index contributed by atoms with van der Waals surface area (Å²) >= 11 is 0. The highest BCUT2D eigenvalue weighted by atomic mass is 16.5. The topological polar surface area (TPSA) is 89.2 Å². The lowest BCUT2D eigenvalue weighted by atomic mass is 9.94. The van der Waals surface area contributed by atoms with Gasteiger partial charge in [0.05, 0.1) is 38.1 Å². The molecule has 1 aliphatic heterocycles. The second-order valence-electron chi connectivity index (χ2n) is 7.70. The van der Waals surface area contributed by atoms with E-state index in [4.69, 9.17) is 13.9 Å². The molecule has 0 aliphatic carbocycles. The van der Waals surface area contributed by atoms with Gasteiger partial charge in [0.25, 0.3) is 11.7 Å². The molecule has 2 aromatic carbocycles. The van der Waals surface area contributed by atoms with E-state index in [0.717, 1.165) is 5.56 Å². The molecular weight excluding hydrogens is 422 g/mol. The molecule has 1 aromatic heterocycles. The molecule has 0 bridgehead atoms. The van der Waals surface area contributed by atoms with Crippen molar-refractivity contribution < 1.29 is 28.6 Å². The minimum absolute atomic E-state index is 0.0183. The SMILES string of the molecule is CCOc1cccc(C2/C(=C(\O)c3ccc(OC)c(C)c3)C(=O)C(=O)N2Cc2ccco2)c1. The second kappa shape index (κ2) is 9.24. The first-order valence-corrected chi connectivity index (χ1v) is 10.6. The van der Waals surface area contributed by atoms with Gasteiger partial charge < -0.3 is 23.9 Å². The summed E-state index contributed by atoms with van der Waals surface area (Å²) in [4.78, 5) is 27.7. The molecular formula is C26H25NO6. The van der Waals surface area contributed by atoms with Crippen LogP contribution < -0.4 is 9.47 Å². The number of aliphatic hydroxyl groups excluding tert-OH is 1. The average Bonchev–Trinajstić information content (AvgIpc) is 3.41. The predicted molar refractivity (Wildman–Crippen MR) is 122 cm³/mol. The summed E-state index contributed by atoms with van der Waals surface area (Å²) in [6.45, 7) is 4.27. The number of rotatable bonds is 7. The van der Waals surface area contributed by atoms with Crippen molar-refractivity contribution in [1.82, 2.24) is 4.90 Å². The monoisotopic (exact) mass is 447 g/mol. The van der Waals surface area contributed by atoms with E-state index in [2.05, 4.69) is 0 Å². The van der Waals surface area contributed by atoms with Crippen LogP contribution in [0.15, 0.2) is 70.9 Å². The molecule has 4 rings (SSSR count). The fourth-order valence-corrected chi connectivity index (χ4v) is 4.08. The molecule has 33 heavy (non-hydrogen) atoms. The van der Waals surface area contributed by atoms with Gasteiger partial charge in [-0.15, -0.1) is 0 Å². The molecule has 0 radical (unpaired) electrons. The lowest BCUT2D eigenvalue weighted by molar-refractivity contribution is -0.140. The zero-order chi connectivity index (χ0) is 23.5. The van der Waals surface area contributed by atoms with Crippen LogP contribution in [0.5, 0.6) is 11.5 Å². The minimum atomic E-state index is -0.807. The Morgan fingerprint density at radius 3 is 2.61 bits per heavy atom. The number of ketones is 1. The van der Waals surface area contributed by atoms with Crippen molar-refractivity contribution >= 4 is 17.4 Å². The van der Waals surface area contributed by atoms with Crippen LogP contribution >= 0.6 is 0 Å². The molecule has 3 aromatic rings. The van der Waals surface area contributed by atoms with Crippen LogP contribution in [-0.2, 0) is 16.1 Å². The Bertz CT molecular complexity index is 1210. The number of Topliss-reactive ketones (excluding diaryl/α,β-unsaturated/α-hetero) is 1. The van der Waals surface area contributed by atoms with Gasteiger partial charge >= 0.3 is 0 Å². The summed E-state index contributed by atoms with van der Waals surface area (Å²) in [5, 5.41) is 11.2. The Kier molecular flexibility index (Phi) is 6.22. The predicted octanol–water partition coefficient (Wildman–Crippen LogP) is 4.62. The van der Waals surface area contributed by atoms with Crippen molar-refractivity contribution in [3.8, 4) is 11.5 Å². The first-order chi connectivity index (χ1) is 15.9. The molecule has 1 amide bonds. The smallest absolute Gasteiger partial charge is 0.296 e. The van der Waals surface area contributed by atoms with Gasteiger partial charge in [-0.2, -0.15) is 0 Å². The third kappa shape index (κ3) is 4.22. The summed E-state index contributed by atoms with van der Waals surface area (Å²) < 4.78 is 16.3. The van der Waals surface area contributed by atoms with Crippen molar-refractivity contribution in [2.45, 2.75) is 26.4 Å². The van der Waals surface area contributed by atoms with E-state index in [1.54, 1.807) is 61.7 Å². The van der Waals surface area contributed by atoms with Crippen molar-refractivity contribution in [3.05, 3.63) is 88.9 Å². The van der Waals surface area contributed by atoms with Gasteiger partial charge in [-0.1, -0.05) is 12.1 Å². The van der Waals surface area contributed by atoms with E-state index in [1.807, 2.05) is 13.8 Å². The number of nitrogens with zero attached hydrogens (tertiary/aromatic N) is 1. The first kappa shape index (κ1) is 22.2. The highest BCUT2D eigenvalue weighted by Gasteiger charge is 2.46. The maximum atomic E-state index is 13.2. The number of benzene rings is 2. The number of aliphatic hydroxyl groups is 1. The molecule has 1 N–H and O–H groups in total. The normalized spacial score (nSPS) is 17.4. The Morgan fingerprint density at radius 2 is 1.94 bits per heavy atom. The molecule has 0 spiro atoms. The number of furan rings is 1. The van der Waals surface area contributed by atoms with Gasteiger partial charge in [-0.3, -0.25) is 9.59 Å². The van der Waals surface area contributed by atoms with Crippen LogP contribution in [0.25, 0.3) is 5.76 Å². The zero-order valence-corrected chi connectivity index (χ0v) is 18.7. The number of aryl methyl sites for hydroxylation is 1. The number of hydrogen-bond donors (Lipinski definition) is 1. The number of methoxy groups -OCH3 is 1. The number of likely N-dealkylation sites (tertiary alicyclic amines) is 1. The van der Waals surface area contributed by atoms with E-state index in [1.165, 1.54) is 11.2 Å². The Labute approximate surface area is 191 Å². The highest BCUT2D eigenvalue weighted by molar-refractivity contribution is 6.46. The van der Waals surface area contributed by atoms with E-state index in [-0.39, 0.29) is 17.9 Å². The van der Waals surface area contributed by atoms with Gasteiger partial charge in [0, 0.05) is 5.56 Å². The molecule has 7 heteroatoms. The maximum Gasteiger partial charge on any atom is 0.296 e. The Morgan fingerprint density at radius 1 is 1.12 bits per heavy atom. The van der Waals surface area contributed by atoms with Crippen LogP contribution in [0.4, 0.5) is 0 Å². The van der Waals surface area contributed by atoms with Crippen molar-refractivity contribution in [2.75, 3.05) is 13.7 Å². The third-order valence-electron chi connectivity index (χ3n) is 5.60. The molecule has 1 atom stereocenters. The maximum absolute atomic E-state index is 13.2. The number of amides is 1. The van der Waals surface area contributed by atoms with Crippen LogP contribution in [0.3, 0.4) is 0 Å². The summed E-state index contributed by atoms with van der Waals surface area (Å²) in [5.41, 5.74) is 1.89. The van der Waals surface area contributed by atoms with E-state index < -0.39 is 17.7 Å². The van der Waals surface area contributed by atoms with Gasteiger partial charge in [0.1, 0.15) is 23.0 Å². The molecule has 1 fully saturated rings. The number of carbonyl (C=O) groups is 2. The zero-order valence-electron chi connectivity index (χ0n) is 18.7. The largest absolute Gasteiger partial charge is 0.507 e. The molecule has 1 unspecified atom stereocenters. The molecule has 7 nitrogen and oxygen atoms in total. The fraction of sp³-hybridized carbons (Fsp3) is 0.231. The van der Waals surface area contributed by atoms with Crippen LogP contribution in [0.1, 0.15) is 35.4 Å².